The summed E-state index contributed by atoms with van der Waals surface area (Å²) in [5.41, 5.74) is 1.28. The Morgan fingerprint density at radius 1 is 1.39 bits per heavy atom. The summed E-state index contributed by atoms with van der Waals surface area (Å²) in [6.45, 7) is 6.62. The van der Waals surface area contributed by atoms with Crippen LogP contribution in [0.4, 0.5) is 0 Å². The van der Waals surface area contributed by atoms with Crippen LogP contribution in [-0.2, 0) is 13.6 Å². The second-order valence-corrected chi connectivity index (χ2v) is 5.67. The number of aromatic nitrogens is 2. The molecule has 1 fully saturated rings. The first-order valence-corrected chi connectivity index (χ1v) is 7.91. The van der Waals surface area contributed by atoms with Gasteiger partial charge in [0.15, 0.2) is 0 Å². The first kappa shape index (κ1) is 17.8. The van der Waals surface area contributed by atoms with Gasteiger partial charge in [-0.25, -0.2) is 4.98 Å². The Labute approximate surface area is 144 Å². The molecule has 0 aliphatic carbocycles. The summed E-state index contributed by atoms with van der Waals surface area (Å²) in [6, 6.07) is 8.70. The van der Waals surface area contributed by atoms with E-state index in [1.54, 1.807) is 0 Å². The third-order valence-corrected chi connectivity index (χ3v) is 4.11. The van der Waals surface area contributed by atoms with Gasteiger partial charge >= 0.3 is 0 Å². The van der Waals surface area contributed by atoms with Crippen molar-refractivity contribution in [3.63, 3.8) is 0 Å². The predicted octanol–water partition coefficient (Wildman–Crippen LogP) is 2.39. The highest BCUT2D eigenvalue weighted by atomic mass is 35.5. The van der Waals surface area contributed by atoms with Crippen LogP contribution in [0.5, 0.6) is 5.75 Å². The smallest absolute Gasteiger partial charge is 0.127 e. The molecule has 3 rings (SSSR count). The summed E-state index contributed by atoms with van der Waals surface area (Å²) in [7, 11) is 2.06. The third kappa shape index (κ3) is 4.25. The van der Waals surface area contributed by atoms with Crippen molar-refractivity contribution in [2.24, 2.45) is 7.05 Å². The van der Waals surface area contributed by atoms with Gasteiger partial charge in [-0.05, 0) is 24.6 Å². The van der Waals surface area contributed by atoms with Crippen molar-refractivity contribution in [1.29, 1.82) is 0 Å². The summed E-state index contributed by atoms with van der Waals surface area (Å²) < 4.78 is 7.72. The Morgan fingerprint density at radius 3 is 3.00 bits per heavy atom. The maximum absolute atomic E-state index is 5.61. The molecule has 0 amide bonds. The molecule has 0 saturated carbocycles. The zero-order chi connectivity index (χ0) is 15.4. The van der Waals surface area contributed by atoms with Gasteiger partial charge in [0.25, 0.3) is 0 Å². The van der Waals surface area contributed by atoms with Gasteiger partial charge in [-0.1, -0.05) is 12.1 Å². The molecule has 6 heteroatoms. The molecule has 1 unspecified atom stereocenters. The van der Waals surface area contributed by atoms with Crippen LogP contribution in [-0.4, -0.2) is 40.7 Å². The van der Waals surface area contributed by atoms with Gasteiger partial charge in [0.05, 0.1) is 12.6 Å². The number of nitrogens with zero attached hydrogens (tertiary/aromatic N) is 3. The second-order valence-electron chi connectivity index (χ2n) is 5.67. The molecular formula is C17H25ClN4O. The highest BCUT2D eigenvalue weighted by Crippen LogP contribution is 2.24. The quantitative estimate of drug-likeness (QED) is 0.910. The average Bonchev–Trinajstić information content (AvgIpc) is 2.95. The molecule has 1 aliphatic heterocycles. The van der Waals surface area contributed by atoms with Gasteiger partial charge in [-0.3, -0.25) is 4.90 Å². The number of rotatable bonds is 5. The minimum absolute atomic E-state index is 0. The first-order valence-electron chi connectivity index (χ1n) is 7.91. The van der Waals surface area contributed by atoms with Gasteiger partial charge in [0, 0.05) is 45.6 Å². The van der Waals surface area contributed by atoms with Crippen LogP contribution in [0.25, 0.3) is 0 Å². The predicted molar refractivity (Wildman–Crippen MR) is 94.1 cm³/mol. The summed E-state index contributed by atoms with van der Waals surface area (Å²) >= 11 is 0. The number of hydrogen-bond acceptors (Lipinski definition) is 4. The van der Waals surface area contributed by atoms with Crippen molar-refractivity contribution < 1.29 is 4.74 Å². The van der Waals surface area contributed by atoms with Gasteiger partial charge in [-0.2, -0.15) is 0 Å². The molecule has 5 nitrogen and oxygen atoms in total. The lowest BCUT2D eigenvalue weighted by atomic mass is 10.1. The Morgan fingerprint density at radius 2 is 2.26 bits per heavy atom. The van der Waals surface area contributed by atoms with Crippen LogP contribution in [0.2, 0.25) is 0 Å². The average molecular weight is 337 g/mol. The topological polar surface area (TPSA) is 42.3 Å². The van der Waals surface area contributed by atoms with Crippen molar-refractivity contribution >= 4 is 12.4 Å². The molecule has 0 radical (unpaired) electrons. The fraction of sp³-hybridized carbons (Fsp3) is 0.471. The van der Waals surface area contributed by atoms with Crippen LogP contribution in [0.1, 0.15) is 24.4 Å². The van der Waals surface area contributed by atoms with Gasteiger partial charge in [0.2, 0.25) is 0 Å². The molecule has 1 atom stereocenters. The van der Waals surface area contributed by atoms with Crippen molar-refractivity contribution in [3.05, 3.63) is 48.0 Å². The van der Waals surface area contributed by atoms with E-state index in [0.29, 0.717) is 12.6 Å². The molecule has 126 valence electrons. The van der Waals surface area contributed by atoms with Gasteiger partial charge < -0.3 is 14.6 Å². The van der Waals surface area contributed by atoms with Crippen molar-refractivity contribution in [2.75, 3.05) is 26.2 Å². The molecule has 0 bridgehead atoms. The Kier molecular flexibility index (Phi) is 6.45. The number of imidazole rings is 1. The first-order chi connectivity index (χ1) is 10.8. The lowest BCUT2D eigenvalue weighted by Gasteiger charge is -2.35. The Hall–Kier alpha value is -1.56. The minimum Gasteiger partial charge on any atom is -0.494 e. The van der Waals surface area contributed by atoms with E-state index in [1.807, 2.05) is 25.4 Å². The number of halogens is 1. The fourth-order valence-corrected chi connectivity index (χ4v) is 3.02. The van der Waals surface area contributed by atoms with E-state index in [-0.39, 0.29) is 12.4 Å². The minimum atomic E-state index is 0. The number of hydrogen-bond donors (Lipinski definition) is 1. The molecule has 1 saturated heterocycles. The number of nitrogens with one attached hydrogen (secondary N) is 1. The van der Waals surface area contributed by atoms with E-state index in [4.69, 9.17) is 4.74 Å². The summed E-state index contributed by atoms with van der Waals surface area (Å²) in [5, 5.41) is 3.48. The van der Waals surface area contributed by atoms with Gasteiger partial charge in [-0.15, -0.1) is 12.4 Å². The molecule has 2 aromatic rings. The van der Waals surface area contributed by atoms with E-state index in [0.717, 1.165) is 37.8 Å². The summed E-state index contributed by atoms with van der Waals surface area (Å²) in [6.07, 6.45) is 3.88. The van der Waals surface area contributed by atoms with Crippen LogP contribution in [0, 0.1) is 0 Å². The highest BCUT2D eigenvalue weighted by molar-refractivity contribution is 5.85. The number of piperazine rings is 1. The summed E-state index contributed by atoms with van der Waals surface area (Å²) in [4.78, 5) is 7.02. The van der Waals surface area contributed by atoms with E-state index in [9.17, 15) is 0 Å². The van der Waals surface area contributed by atoms with E-state index >= 15 is 0 Å². The highest BCUT2D eigenvalue weighted by Gasteiger charge is 2.26. The maximum atomic E-state index is 5.61. The molecular weight excluding hydrogens is 312 g/mol. The zero-order valence-electron chi connectivity index (χ0n) is 13.7. The number of ether oxygens (including phenoxy) is 1. The standard InChI is InChI=1S/C17H24N4O.ClH/c1-3-22-15-6-4-5-14(11-15)13-21-10-7-18-12-16(21)17-19-8-9-20(17)2;/h4-6,8-9,11,16,18H,3,7,10,12-13H2,1-2H3;1H. The van der Waals surface area contributed by atoms with E-state index in [1.165, 1.54) is 5.56 Å². The molecule has 2 heterocycles. The lowest BCUT2D eigenvalue weighted by Crippen LogP contribution is -2.46. The maximum Gasteiger partial charge on any atom is 0.127 e. The Bertz CT molecular complexity index is 616. The molecule has 1 aromatic heterocycles. The van der Waals surface area contributed by atoms with E-state index < -0.39 is 0 Å². The SMILES string of the molecule is CCOc1cccc(CN2CCNCC2c2nccn2C)c1.Cl. The van der Waals surface area contributed by atoms with Crippen molar-refractivity contribution in [1.82, 2.24) is 19.8 Å². The lowest BCUT2D eigenvalue weighted by molar-refractivity contribution is 0.144. The fourth-order valence-electron chi connectivity index (χ4n) is 3.02. The van der Waals surface area contributed by atoms with Crippen LogP contribution >= 0.6 is 12.4 Å². The summed E-state index contributed by atoms with van der Waals surface area (Å²) in [5.74, 6) is 2.07. The third-order valence-electron chi connectivity index (χ3n) is 4.11. The van der Waals surface area contributed by atoms with Crippen LogP contribution < -0.4 is 10.1 Å². The Balaban J connectivity index is 0.00000192. The molecule has 23 heavy (non-hydrogen) atoms. The number of aryl methyl sites for hydroxylation is 1. The molecule has 1 aliphatic rings. The van der Waals surface area contributed by atoms with Crippen LogP contribution in [0.15, 0.2) is 36.7 Å². The van der Waals surface area contributed by atoms with Crippen molar-refractivity contribution in [3.8, 4) is 5.75 Å². The number of benzene rings is 1. The van der Waals surface area contributed by atoms with E-state index in [2.05, 4.69) is 45.0 Å². The molecule has 0 spiro atoms. The second kappa shape index (κ2) is 8.34. The molecule has 1 aromatic carbocycles. The monoisotopic (exact) mass is 336 g/mol. The van der Waals surface area contributed by atoms with Crippen molar-refractivity contribution in [2.45, 2.75) is 19.5 Å². The van der Waals surface area contributed by atoms with Crippen LogP contribution in [0.3, 0.4) is 0 Å². The molecule has 1 N–H and O–H groups in total. The van der Waals surface area contributed by atoms with Gasteiger partial charge in [0.1, 0.15) is 11.6 Å². The normalized spacial score (nSPS) is 18.4. The largest absolute Gasteiger partial charge is 0.494 e. The zero-order valence-corrected chi connectivity index (χ0v) is 14.6.